The molecule has 0 saturated heterocycles. The first-order valence-corrected chi connectivity index (χ1v) is 5.07. The Morgan fingerprint density at radius 3 is 2.94 bits per heavy atom. The van der Waals surface area contributed by atoms with E-state index in [1.165, 1.54) is 0 Å². The lowest BCUT2D eigenvalue weighted by molar-refractivity contribution is 0.0940. The highest BCUT2D eigenvalue weighted by Crippen LogP contribution is 2.04. The Hall–Kier alpha value is -1.11. The van der Waals surface area contributed by atoms with Crippen LogP contribution in [0.25, 0.3) is 0 Å². The van der Waals surface area contributed by atoms with Gasteiger partial charge in [-0.3, -0.25) is 4.79 Å². The minimum absolute atomic E-state index is 0. The molecule has 7 heteroatoms. The molecule has 1 rings (SSSR count). The lowest BCUT2D eigenvalue weighted by Crippen LogP contribution is -2.37. The van der Waals surface area contributed by atoms with Crippen LogP contribution in [-0.2, 0) is 11.3 Å². The van der Waals surface area contributed by atoms with Gasteiger partial charge in [0.2, 0.25) is 0 Å². The predicted octanol–water partition coefficient (Wildman–Crippen LogP) is 0.580. The molecule has 1 aromatic rings. The van der Waals surface area contributed by atoms with E-state index >= 15 is 0 Å². The molecule has 17 heavy (non-hydrogen) atoms. The number of aromatic nitrogens is 1. The molecule has 1 amide bonds. The number of halogens is 1. The van der Waals surface area contributed by atoms with Gasteiger partial charge in [-0.15, -0.1) is 12.4 Å². The van der Waals surface area contributed by atoms with Gasteiger partial charge in [-0.05, 0) is 14.0 Å². The van der Waals surface area contributed by atoms with Gasteiger partial charge in [0.1, 0.15) is 6.61 Å². The maximum absolute atomic E-state index is 11.6. The molecule has 98 valence electrons. The lowest BCUT2D eigenvalue weighted by atomic mass is 10.3. The summed E-state index contributed by atoms with van der Waals surface area (Å²) in [5, 5.41) is 9.41. The third-order valence-corrected chi connectivity index (χ3v) is 2.14. The van der Waals surface area contributed by atoms with E-state index < -0.39 is 0 Å². The number of rotatable bonds is 6. The number of amides is 1. The maximum Gasteiger partial charge on any atom is 0.273 e. The zero-order valence-electron chi connectivity index (χ0n) is 10.1. The molecule has 1 atom stereocenters. The van der Waals surface area contributed by atoms with Crippen molar-refractivity contribution in [2.45, 2.75) is 19.6 Å². The molecule has 0 aliphatic rings. The minimum Gasteiger partial charge on any atom is -0.377 e. The normalized spacial score (nSPS) is 11.7. The van der Waals surface area contributed by atoms with Gasteiger partial charge < -0.3 is 19.9 Å². The van der Waals surface area contributed by atoms with E-state index in [1.807, 2.05) is 14.0 Å². The number of hydrogen-bond acceptors (Lipinski definition) is 5. The Balaban J connectivity index is 0.00000256. The molecule has 1 aromatic heterocycles. The number of carbonyl (C=O) groups excluding carboxylic acids is 1. The molecule has 1 unspecified atom stereocenters. The number of nitrogens with one attached hydrogen (secondary N) is 2. The van der Waals surface area contributed by atoms with Crippen LogP contribution in [0.4, 0.5) is 0 Å². The van der Waals surface area contributed by atoms with E-state index in [4.69, 9.17) is 9.26 Å². The van der Waals surface area contributed by atoms with Crippen LogP contribution in [0.5, 0.6) is 0 Å². The highest BCUT2D eigenvalue weighted by molar-refractivity contribution is 5.92. The fourth-order valence-electron chi connectivity index (χ4n) is 1.07. The molecule has 0 aromatic carbocycles. The monoisotopic (exact) mass is 263 g/mol. The predicted molar refractivity (Wildman–Crippen MR) is 65.3 cm³/mol. The average Bonchev–Trinajstić information content (AvgIpc) is 2.74. The Morgan fingerprint density at radius 1 is 1.65 bits per heavy atom. The van der Waals surface area contributed by atoms with Crippen molar-refractivity contribution in [3.05, 3.63) is 17.5 Å². The smallest absolute Gasteiger partial charge is 0.273 e. The van der Waals surface area contributed by atoms with Gasteiger partial charge >= 0.3 is 0 Å². The third kappa shape index (κ3) is 5.16. The van der Waals surface area contributed by atoms with Crippen LogP contribution < -0.4 is 10.6 Å². The highest BCUT2D eigenvalue weighted by Gasteiger charge is 2.12. The van der Waals surface area contributed by atoms with Gasteiger partial charge in [0.15, 0.2) is 11.5 Å². The summed E-state index contributed by atoms with van der Waals surface area (Å²) in [4.78, 5) is 11.6. The second-order valence-electron chi connectivity index (χ2n) is 3.51. The first-order valence-electron chi connectivity index (χ1n) is 5.07. The van der Waals surface area contributed by atoms with Crippen LogP contribution in [0.2, 0.25) is 0 Å². The van der Waals surface area contributed by atoms with Crippen LogP contribution in [0.15, 0.2) is 10.6 Å². The Labute approximate surface area is 106 Å². The topological polar surface area (TPSA) is 76.4 Å². The quantitative estimate of drug-likeness (QED) is 0.785. The molecule has 0 radical (unpaired) electrons. The largest absolute Gasteiger partial charge is 0.377 e. The molecular weight excluding hydrogens is 246 g/mol. The summed E-state index contributed by atoms with van der Waals surface area (Å²) < 4.78 is 9.77. The van der Waals surface area contributed by atoms with Crippen molar-refractivity contribution in [2.24, 2.45) is 0 Å². The summed E-state index contributed by atoms with van der Waals surface area (Å²) in [5.41, 5.74) is 0.273. The third-order valence-electron chi connectivity index (χ3n) is 2.14. The van der Waals surface area contributed by atoms with Gasteiger partial charge in [-0.25, -0.2) is 0 Å². The van der Waals surface area contributed by atoms with Gasteiger partial charge in [0.05, 0.1) is 0 Å². The van der Waals surface area contributed by atoms with Gasteiger partial charge in [-0.2, -0.15) is 0 Å². The standard InChI is InChI=1S/C10H17N3O3.ClH/c1-7(11-2)5-12-10(14)9-4-8(6-15-3)16-13-9;/h4,7,11H,5-6H2,1-3H3,(H,12,14);1H. The van der Waals surface area contributed by atoms with E-state index in [0.29, 0.717) is 18.9 Å². The van der Waals surface area contributed by atoms with E-state index in [0.717, 1.165) is 0 Å². The molecule has 6 nitrogen and oxygen atoms in total. The van der Waals surface area contributed by atoms with Gasteiger partial charge in [0.25, 0.3) is 5.91 Å². The molecule has 0 saturated carbocycles. The van der Waals surface area contributed by atoms with Gasteiger partial charge in [-0.1, -0.05) is 5.16 Å². The number of carbonyl (C=O) groups is 1. The minimum atomic E-state index is -0.242. The number of likely N-dealkylation sites (N-methyl/N-ethyl adjacent to an activating group) is 1. The first-order chi connectivity index (χ1) is 7.67. The summed E-state index contributed by atoms with van der Waals surface area (Å²) in [6, 6.07) is 1.79. The Kier molecular flexibility index (Phi) is 7.53. The summed E-state index contributed by atoms with van der Waals surface area (Å²) in [7, 11) is 3.39. The van der Waals surface area contributed by atoms with Crippen LogP contribution in [0.3, 0.4) is 0 Å². The lowest BCUT2D eigenvalue weighted by Gasteiger charge is -2.09. The van der Waals surface area contributed by atoms with Crippen LogP contribution >= 0.6 is 12.4 Å². The molecule has 0 aliphatic carbocycles. The summed E-state index contributed by atoms with van der Waals surface area (Å²) in [6.45, 7) is 2.83. The Bertz CT molecular complexity index is 343. The van der Waals surface area contributed by atoms with Crippen molar-refractivity contribution >= 4 is 18.3 Å². The van der Waals surface area contributed by atoms with E-state index in [-0.39, 0.29) is 30.0 Å². The number of nitrogens with zero attached hydrogens (tertiary/aromatic N) is 1. The molecular formula is C10H18ClN3O3. The molecule has 1 heterocycles. The van der Waals surface area contributed by atoms with Crippen molar-refractivity contribution < 1.29 is 14.1 Å². The van der Waals surface area contributed by atoms with Crippen LogP contribution in [0, 0.1) is 0 Å². The molecule has 0 aliphatic heterocycles. The van der Waals surface area contributed by atoms with Gasteiger partial charge in [0, 0.05) is 25.8 Å². The molecule has 0 spiro atoms. The fraction of sp³-hybridized carbons (Fsp3) is 0.600. The first kappa shape index (κ1) is 15.9. The summed E-state index contributed by atoms with van der Waals surface area (Å²) in [5.74, 6) is 0.294. The summed E-state index contributed by atoms with van der Waals surface area (Å²) >= 11 is 0. The van der Waals surface area contributed by atoms with Crippen molar-refractivity contribution in [1.82, 2.24) is 15.8 Å². The van der Waals surface area contributed by atoms with E-state index in [1.54, 1.807) is 13.2 Å². The number of ether oxygens (including phenoxy) is 1. The number of methoxy groups -OCH3 is 1. The average molecular weight is 264 g/mol. The maximum atomic E-state index is 11.6. The van der Waals surface area contributed by atoms with E-state index in [9.17, 15) is 4.79 Å². The molecule has 2 N–H and O–H groups in total. The molecule has 0 fully saturated rings. The van der Waals surface area contributed by atoms with Crippen molar-refractivity contribution in [2.75, 3.05) is 20.7 Å². The van der Waals surface area contributed by atoms with Crippen molar-refractivity contribution in [3.63, 3.8) is 0 Å². The second kappa shape index (κ2) is 8.05. The SMILES string of the molecule is CNC(C)CNC(=O)c1cc(COC)on1.Cl. The Morgan fingerprint density at radius 2 is 2.35 bits per heavy atom. The van der Waals surface area contributed by atoms with Crippen LogP contribution in [0.1, 0.15) is 23.2 Å². The van der Waals surface area contributed by atoms with Crippen LogP contribution in [-0.4, -0.2) is 37.8 Å². The molecule has 0 bridgehead atoms. The number of hydrogen-bond donors (Lipinski definition) is 2. The summed E-state index contributed by atoms with van der Waals surface area (Å²) in [6.07, 6.45) is 0. The fourth-order valence-corrected chi connectivity index (χ4v) is 1.07. The van der Waals surface area contributed by atoms with E-state index in [2.05, 4.69) is 15.8 Å². The zero-order valence-corrected chi connectivity index (χ0v) is 11.0. The van der Waals surface area contributed by atoms with Crippen molar-refractivity contribution in [3.8, 4) is 0 Å². The highest BCUT2D eigenvalue weighted by atomic mass is 35.5. The van der Waals surface area contributed by atoms with Crippen molar-refractivity contribution in [1.29, 1.82) is 0 Å². The zero-order chi connectivity index (χ0) is 12.0. The second-order valence-corrected chi connectivity index (χ2v) is 3.51.